The van der Waals surface area contributed by atoms with Gasteiger partial charge in [-0.15, -0.1) is 11.3 Å². The van der Waals surface area contributed by atoms with Crippen molar-refractivity contribution in [3.05, 3.63) is 118 Å². The second-order valence-electron chi connectivity index (χ2n) is 8.32. The van der Waals surface area contributed by atoms with Gasteiger partial charge in [-0.3, -0.25) is 9.78 Å². The summed E-state index contributed by atoms with van der Waals surface area (Å²) in [6.45, 7) is 0.274. The van der Waals surface area contributed by atoms with Crippen molar-refractivity contribution < 1.29 is 13.5 Å². The van der Waals surface area contributed by atoms with Crippen LogP contribution in [0.1, 0.15) is 5.56 Å². The van der Waals surface area contributed by atoms with Crippen molar-refractivity contribution in [3.63, 3.8) is 0 Å². The zero-order valence-corrected chi connectivity index (χ0v) is 20.0. The molecule has 0 bridgehead atoms. The average Bonchev–Trinajstić information content (AvgIpc) is 3.39. The Bertz CT molecular complexity index is 1820. The molecule has 6 nitrogen and oxygen atoms in total. The molecule has 0 aliphatic heterocycles. The smallest absolute Gasteiger partial charge is 0.262 e. The Kier molecular flexibility index (Phi) is 5.82. The molecule has 0 aliphatic carbocycles. The summed E-state index contributed by atoms with van der Waals surface area (Å²) >= 11 is 1.47. The van der Waals surface area contributed by atoms with E-state index in [1.165, 1.54) is 40.2 Å². The van der Waals surface area contributed by atoms with Gasteiger partial charge in [0.2, 0.25) is 0 Å². The normalized spacial score (nSPS) is 11.2. The number of hydrogen-bond donors (Lipinski definition) is 1. The molecule has 0 spiro atoms. The highest BCUT2D eigenvalue weighted by molar-refractivity contribution is 7.17. The molecular formula is C28H18F2N4O2S. The first kappa shape index (κ1) is 22.8. The highest BCUT2D eigenvalue weighted by Crippen LogP contribution is 2.34. The summed E-state index contributed by atoms with van der Waals surface area (Å²) in [6, 6.07) is 17.6. The van der Waals surface area contributed by atoms with Crippen LogP contribution in [0.4, 0.5) is 20.3 Å². The molecule has 37 heavy (non-hydrogen) atoms. The standard InChI is InChI=1S/C28H18F2N4O2S/c29-19-3-1-17(2-4-19)16-34-13-9-18-7-11-32-27(25(18)28(34)35)33-20-5-6-23(21(30)15-20)36-24-8-12-31-22-10-14-37-26(22)24/h1-15H,16H2,(H,32,33). The molecule has 182 valence electrons. The zero-order chi connectivity index (χ0) is 25.4. The molecule has 1 N–H and O–H groups in total. The minimum atomic E-state index is -0.569. The zero-order valence-electron chi connectivity index (χ0n) is 19.2. The second kappa shape index (κ2) is 9.44. The number of thiophene rings is 1. The van der Waals surface area contributed by atoms with E-state index in [1.54, 1.807) is 48.9 Å². The van der Waals surface area contributed by atoms with Crippen LogP contribution in [-0.2, 0) is 6.54 Å². The number of halogens is 2. The van der Waals surface area contributed by atoms with E-state index < -0.39 is 5.82 Å². The number of hydrogen-bond acceptors (Lipinski definition) is 6. The van der Waals surface area contributed by atoms with Crippen LogP contribution in [0, 0.1) is 11.6 Å². The van der Waals surface area contributed by atoms with E-state index in [9.17, 15) is 9.18 Å². The van der Waals surface area contributed by atoms with Gasteiger partial charge in [0, 0.05) is 36.4 Å². The third-order valence-electron chi connectivity index (χ3n) is 5.88. The van der Waals surface area contributed by atoms with Crippen molar-refractivity contribution in [1.29, 1.82) is 0 Å². The number of nitrogens with one attached hydrogen (secondary N) is 1. The summed E-state index contributed by atoms with van der Waals surface area (Å²) in [7, 11) is 0. The van der Waals surface area contributed by atoms with E-state index in [1.807, 2.05) is 17.5 Å². The van der Waals surface area contributed by atoms with Gasteiger partial charge in [0.1, 0.15) is 17.4 Å². The van der Waals surface area contributed by atoms with Crippen molar-refractivity contribution in [2.45, 2.75) is 6.54 Å². The topological polar surface area (TPSA) is 69.0 Å². The molecule has 0 aliphatic rings. The van der Waals surface area contributed by atoms with Gasteiger partial charge in [-0.1, -0.05) is 12.1 Å². The van der Waals surface area contributed by atoms with E-state index in [4.69, 9.17) is 4.74 Å². The molecule has 4 aromatic heterocycles. The first-order valence-corrected chi connectivity index (χ1v) is 12.2. The summed E-state index contributed by atoms with van der Waals surface area (Å²) in [5.74, 6) is -0.00975. The molecule has 4 heterocycles. The van der Waals surface area contributed by atoms with Gasteiger partial charge < -0.3 is 14.6 Å². The molecule has 0 amide bonds. The van der Waals surface area contributed by atoms with Crippen LogP contribution in [0.25, 0.3) is 21.0 Å². The number of benzene rings is 2. The van der Waals surface area contributed by atoms with Crippen molar-refractivity contribution in [2.24, 2.45) is 0 Å². The first-order valence-electron chi connectivity index (χ1n) is 11.3. The van der Waals surface area contributed by atoms with Gasteiger partial charge >= 0.3 is 0 Å². The lowest BCUT2D eigenvalue weighted by Gasteiger charge is -2.13. The van der Waals surface area contributed by atoms with Crippen molar-refractivity contribution in [3.8, 4) is 11.5 Å². The molecule has 0 atom stereocenters. The molecule has 0 unspecified atom stereocenters. The third kappa shape index (κ3) is 4.52. The lowest BCUT2D eigenvalue weighted by atomic mass is 10.2. The molecule has 0 radical (unpaired) electrons. The van der Waals surface area contributed by atoms with Crippen LogP contribution in [-0.4, -0.2) is 14.5 Å². The van der Waals surface area contributed by atoms with E-state index in [2.05, 4.69) is 15.3 Å². The van der Waals surface area contributed by atoms with Gasteiger partial charge in [0.15, 0.2) is 11.6 Å². The maximum Gasteiger partial charge on any atom is 0.262 e. The number of pyridine rings is 3. The predicted molar refractivity (Wildman–Crippen MR) is 141 cm³/mol. The van der Waals surface area contributed by atoms with Crippen LogP contribution < -0.4 is 15.6 Å². The maximum absolute atomic E-state index is 15.0. The number of anilines is 2. The number of rotatable bonds is 6. The third-order valence-corrected chi connectivity index (χ3v) is 6.80. The second-order valence-corrected chi connectivity index (χ2v) is 9.23. The lowest BCUT2D eigenvalue weighted by Crippen LogP contribution is -2.21. The Morgan fingerprint density at radius 3 is 2.59 bits per heavy atom. The fourth-order valence-electron chi connectivity index (χ4n) is 4.07. The van der Waals surface area contributed by atoms with Crippen LogP contribution >= 0.6 is 11.3 Å². The van der Waals surface area contributed by atoms with E-state index >= 15 is 4.39 Å². The molecule has 9 heteroatoms. The first-order chi connectivity index (χ1) is 18.0. The monoisotopic (exact) mass is 512 g/mol. The highest BCUT2D eigenvalue weighted by Gasteiger charge is 2.13. The summed E-state index contributed by atoms with van der Waals surface area (Å²) in [5.41, 5.74) is 1.71. The summed E-state index contributed by atoms with van der Waals surface area (Å²) in [6.07, 6.45) is 4.89. The average molecular weight is 513 g/mol. The molecule has 0 saturated carbocycles. The van der Waals surface area contributed by atoms with E-state index in [0.717, 1.165) is 15.8 Å². The minimum absolute atomic E-state index is 0.0685. The number of aromatic nitrogens is 3. The number of ether oxygens (including phenoxy) is 1. The molecule has 0 saturated heterocycles. The summed E-state index contributed by atoms with van der Waals surface area (Å²) in [5, 5.41) is 6.02. The Morgan fingerprint density at radius 2 is 1.76 bits per heavy atom. The van der Waals surface area contributed by atoms with Crippen molar-refractivity contribution in [2.75, 3.05) is 5.32 Å². The van der Waals surface area contributed by atoms with Gasteiger partial charge in [-0.2, -0.15) is 0 Å². The van der Waals surface area contributed by atoms with Crippen LogP contribution in [0.15, 0.2) is 95.5 Å². The van der Waals surface area contributed by atoms with Crippen molar-refractivity contribution >= 4 is 43.8 Å². The van der Waals surface area contributed by atoms with E-state index in [-0.39, 0.29) is 23.7 Å². The molecule has 0 fully saturated rings. The molecule has 6 aromatic rings. The lowest BCUT2D eigenvalue weighted by molar-refractivity contribution is 0.447. The Balaban J connectivity index is 1.30. The minimum Gasteiger partial charge on any atom is -0.453 e. The number of nitrogens with zero attached hydrogens (tertiary/aromatic N) is 3. The maximum atomic E-state index is 15.0. The Labute approximate surface area is 213 Å². The molecular weight excluding hydrogens is 494 g/mol. The summed E-state index contributed by atoms with van der Waals surface area (Å²) in [4.78, 5) is 21.9. The predicted octanol–water partition coefficient (Wildman–Crippen LogP) is 6.87. The Morgan fingerprint density at radius 1 is 0.919 bits per heavy atom. The van der Waals surface area contributed by atoms with Gasteiger partial charge in [0.05, 0.1) is 22.1 Å². The largest absolute Gasteiger partial charge is 0.453 e. The molecule has 2 aromatic carbocycles. The van der Waals surface area contributed by atoms with E-state index in [0.29, 0.717) is 28.0 Å². The number of fused-ring (bicyclic) bond motifs is 2. The van der Waals surface area contributed by atoms with Gasteiger partial charge in [-0.05, 0) is 58.8 Å². The van der Waals surface area contributed by atoms with Gasteiger partial charge in [-0.25, -0.2) is 13.8 Å². The SMILES string of the molecule is O=c1c2c(Nc3ccc(Oc4ccnc5ccsc45)c(F)c3)nccc2ccn1Cc1ccc(F)cc1. The van der Waals surface area contributed by atoms with Crippen molar-refractivity contribution in [1.82, 2.24) is 14.5 Å². The Hall–Kier alpha value is -4.63. The van der Waals surface area contributed by atoms with Crippen LogP contribution in [0.5, 0.6) is 11.5 Å². The van der Waals surface area contributed by atoms with Gasteiger partial charge in [0.25, 0.3) is 5.56 Å². The van der Waals surface area contributed by atoms with Crippen LogP contribution in [0.2, 0.25) is 0 Å². The summed E-state index contributed by atoms with van der Waals surface area (Å²) < 4.78 is 36.5. The highest BCUT2D eigenvalue weighted by atomic mass is 32.1. The molecule has 6 rings (SSSR count). The van der Waals surface area contributed by atoms with Crippen LogP contribution in [0.3, 0.4) is 0 Å². The fourth-order valence-corrected chi connectivity index (χ4v) is 4.87. The quantitative estimate of drug-likeness (QED) is 0.264. The fraction of sp³-hybridized carbons (Fsp3) is 0.0357.